The topological polar surface area (TPSA) is 101 Å². The highest BCUT2D eigenvalue weighted by molar-refractivity contribution is 5.94. The Balaban J connectivity index is 1.23. The number of nitrogens with zero attached hydrogens (tertiary/aromatic N) is 5. The molecule has 1 aliphatic heterocycles. The van der Waals surface area contributed by atoms with Crippen molar-refractivity contribution in [2.24, 2.45) is 0 Å². The summed E-state index contributed by atoms with van der Waals surface area (Å²) < 4.78 is 43.6. The van der Waals surface area contributed by atoms with Gasteiger partial charge in [0.2, 0.25) is 11.7 Å². The zero-order chi connectivity index (χ0) is 22.3. The molecule has 0 radical (unpaired) electrons. The molecule has 4 aromatic rings. The minimum absolute atomic E-state index is 0.00341. The van der Waals surface area contributed by atoms with Gasteiger partial charge in [-0.2, -0.15) is 33.6 Å². The third kappa shape index (κ3) is 3.81. The highest BCUT2D eigenvalue weighted by atomic mass is 19.4. The Bertz CT molecular complexity index is 1260. The molecule has 1 aliphatic rings. The van der Waals surface area contributed by atoms with Crippen LogP contribution in [0.3, 0.4) is 0 Å². The molecular weight excluding hydrogens is 425 g/mol. The van der Waals surface area contributed by atoms with Gasteiger partial charge in [-0.25, -0.2) is 0 Å². The predicted octanol–water partition coefficient (Wildman–Crippen LogP) is 4.05. The lowest BCUT2D eigenvalue weighted by molar-refractivity contribution is -0.137. The fourth-order valence-corrected chi connectivity index (χ4v) is 3.81. The first-order valence-electron chi connectivity index (χ1n) is 9.99. The van der Waals surface area contributed by atoms with Gasteiger partial charge >= 0.3 is 6.18 Å². The van der Waals surface area contributed by atoms with Crippen molar-refractivity contribution in [1.29, 1.82) is 0 Å². The van der Waals surface area contributed by atoms with Gasteiger partial charge in [-0.05, 0) is 55.3 Å². The molecule has 164 valence electrons. The third-order valence-electron chi connectivity index (χ3n) is 5.61. The van der Waals surface area contributed by atoms with Crippen molar-refractivity contribution in [2.45, 2.75) is 24.9 Å². The number of carbonyl (C=O) groups excluding carboxylic acids is 1. The van der Waals surface area contributed by atoms with Crippen molar-refractivity contribution in [2.75, 3.05) is 13.1 Å². The van der Waals surface area contributed by atoms with Gasteiger partial charge in [0.15, 0.2) is 0 Å². The smallest absolute Gasteiger partial charge is 0.339 e. The predicted molar refractivity (Wildman–Crippen MR) is 107 cm³/mol. The number of nitrogens with one attached hydrogen (secondary N) is 1. The summed E-state index contributed by atoms with van der Waals surface area (Å²) in [5.74, 6) is 0.669. The minimum atomic E-state index is -4.43. The van der Waals surface area contributed by atoms with E-state index in [1.807, 2.05) is 18.2 Å². The first-order chi connectivity index (χ1) is 15.4. The number of halogens is 3. The summed E-state index contributed by atoms with van der Waals surface area (Å²) in [6.07, 6.45) is -3.18. The quantitative estimate of drug-likeness (QED) is 0.514. The monoisotopic (exact) mass is 442 g/mol. The van der Waals surface area contributed by atoms with Crippen LogP contribution in [0.25, 0.3) is 22.4 Å². The number of aromatic amines is 1. The van der Waals surface area contributed by atoms with Crippen LogP contribution < -0.4 is 0 Å². The summed E-state index contributed by atoms with van der Waals surface area (Å²) >= 11 is 0. The molecule has 1 fully saturated rings. The Morgan fingerprint density at radius 3 is 2.47 bits per heavy atom. The molecule has 0 bridgehead atoms. The molecule has 8 nitrogen and oxygen atoms in total. The molecule has 2 aromatic heterocycles. The normalized spacial score (nSPS) is 15.4. The van der Waals surface area contributed by atoms with Crippen LogP contribution in [0.5, 0.6) is 0 Å². The second kappa shape index (κ2) is 7.74. The molecule has 11 heteroatoms. The van der Waals surface area contributed by atoms with Gasteiger partial charge in [-0.3, -0.25) is 4.79 Å². The van der Waals surface area contributed by atoms with Gasteiger partial charge in [0.05, 0.1) is 5.56 Å². The van der Waals surface area contributed by atoms with E-state index < -0.39 is 11.7 Å². The van der Waals surface area contributed by atoms with Crippen LogP contribution in [0.4, 0.5) is 13.2 Å². The van der Waals surface area contributed by atoms with Gasteiger partial charge in [-0.1, -0.05) is 5.16 Å². The molecule has 0 atom stereocenters. The van der Waals surface area contributed by atoms with Crippen LogP contribution in [0, 0.1) is 0 Å². The average Bonchev–Trinajstić information content (AvgIpc) is 3.47. The standard InChI is InChI=1S/C21H17F3N6O2/c22-21(23,24)15-4-1-13(2-5-15)20(31)30-9-7-12(8-10-30)19-25-18(28-32-19)14-3-6-16-17(11-14)27-29-26-16/h1-6,11-12H,7-10H2,(H,26,27,29). The summed E-state index contributed by atoms with van der Waals surface area (Å²) in [5, 5.41) is 14.7. The van der Waals surface area contributed by atoms with Gasteiger partial charge in [0.1, 0.15) is 11.0 Å². The number of piperidine rings is 1. The van der Waals surface area contributed by atoms with Crippen LogP contribution in [-0.4, -0.2) is 49.4 Å². The molecule has 3 heterocycles. The minimum Gasteiger partial charge on any atom is -0.339 e. The van der Waals surface area contributed by atoms with E-state index in [0.717, 1.165) is 23.2 Å². The number of aromatic nitrogens is 5. The number of H-pyrrole nitrogens is 1. The van der Waals surface area contributed by atoms with Crippen molar-refractivity contribution in [1.82, 2.24) is 30.5 Å². The number of benzene rings is 2. The molecule has 1 saturated heterocycles. The van der Waals surface area contributed by atoms with Gasteiger partial charge in [0.25, 0.3) is 5.91 Å². The molecule has 1 amide bonds. The maximum Gasteiger partial charge on any atom is 0.416 e. The second-order valence-electron chi connectivity index (χ2n) is 7.62. The van der Waals surface area contributed by atoms with Gasteiger partial charge in [-0.15, -0.1) is 0 Å². The number of rotatable bonds is 3. The van der Waals surface area contributed by atoms with Crippen LogP contribution in [0.1, 0.15) is 40.6 Å². The van der Waals surface area contributed by atoms with Crippen molar-refractivity contribution < 1.29 is 22.5 Å². The van der Waals surface area contributed by atoms with Crippen LogP contribution >= 0.6 is 0 Å². The van der Waals surface area contributed by atoms with Gasteiger partial charge < -0.3 is 9.42 Å². The van der Waals surface area contributed by atoms with Crippen molar-refractivity contribution in [3.8, 4) is 11.4 Å². The lowest BCUT2D eigenvalue weighted by Gasteiger charge is -2.30. The van der Waals surface area contributed by atoms with E-state index in [1.54, 1.807) is 4.90 Å². The Morgan fingerprint density at radius 1 is 1.03 bits per heavy atom. The molecular formula is C21H17F3N6O2. The Hall–Kier alpha value is -3.76. The average molecular weight is 442 g/mol. The fourth-order valence-electron chi connectivity index (χ4n) is 3.81. The van der Waals surface area contributed by atoms with E-state index in [4.69, 9.17) is 4.52 Å². The summed E-state index contributed by atoms with van der Waals surface area (Å²) in [6, 6.07) is 9.76. The Labute approximate surface area is 179 Å². The van der Waals surface area contributed by atoms with E-state index in [-0.39, 0.29) is 17.4 Å². The summed E-state index contributed by atoms with van der Waals surface area (Å²) in [6.45, 7) is 0.903. The fraction of sp³-hybridized carbons (Fsp3) is 0.286. The lowest BCUT2D eigenvalue weighted by atomic mass is 9.96. The summed E-state index contributed by atoms with van der Waals surface area (Å²) in [4.78, 5) is 18.8. The zero-order valence-corrected chi connectivity index (χ0v) is 16.6. The number of amides is 1. The highest BCUT2D eigenvalue weighted by Crippen LogP contribution is 2.31. The summed E-state index contributed by atoms with van der Waals surface area (Å²) in [7, 11) is 0. The second-order valence-corrected chi connectivity index (χ2v) is 7.62. The van der Waals surface area contributed by atoms with E-state index >= 15 is 0 Å². The zero-order valence-electron chi connectivity index (χ0n) is 16.6. The van der Waals surface area contributed by atoms with Crippen molar-refractivity contribution >= 4 is 16.9 Å². The maximum absolute atomic E-state index is 12.7. The maximum atomic E-state index is 12.7. The number of carbonyl (C=O) groups is 1. The number of hydrogen-bond donors (Lipinski definition) is 1. The van der Waals surface area contributed by atoms with Crippen LogP contribution in [0.2, 0.25) is 0 Å². The molecule has 2 aromatic carbocycles. The molecule has 5 rings (SSSR count). The van der Waals surface area contributed by atoms with Gasteiger partial charge in [0, 0.05) is 30.1 Å². The highest BCUT2D eigenvalue weighted by Gasteiger charge is 2.31. The van der Waals surface area contributed by atoms with Crippen molar-refractivity contribution in [3.05, 3.63) is 59.5 Å². The number of likely N-dealkylation sites (tertiary alicyclic amines) is 1. The molecule has 0 saturated carbocycles. The molecule has 1 N–H and O–H groups in total. The molecule has 0 spiro atoms. The largest absolute Gasteiger partial charge is 0.416 e. The Kier molecular flexibility index (Phi) is 4.87. The Morgan fingerprint density at radius 2 is 1.75 bits per heavy atom. The summed E-state index contributed by atoms with van der Waals surface area (Å²) in [5.41, 5.74) is 1.66. The first-order valence-corrected chi connectivity index (χ1v) is 9.99. The van der Waals surface area contributed by atoms with Crippen molar-refractivity contribution in [3.63, 3.8) is 0 Å². The first kappa shape index (κ1) is 20.2. The number of fused-ring (bicyclic) bond motifs is 1. The molecule has 0 unspecified atom stereocenters. The molecule has 32 heavy (non-hydrogen) atoms. The van der Waals surface area contributed by atoms with E-state index in [0.29, 0.717) is 43.2 Å². The lowest BCUT2D eigenvalue weighted by Crippen LogP contribution is -2.38. The van der Waals surface area contributed by atoms with Crippen LogP contribution in [0.15, 0.2) is 47.0 Å². The number of hydrogen-bond acceptors (Lipinski definition) is 6. The number of alkyl halides is 3. The van der Waals surface area contributed by atoms with E-state index in [9.17, 15) is 18.0 Å². The third-order valence-corrected chi connectivity index (χ3v) is 5.61. The van der Waals surface area contributed by atoms with E-state index in [2.05, 4.69) is 25.6 Å². The SMILES string of the molecule is O=C(c1ccc(C(F)(F)F)cc1)N1CCC(c2nc(-c3ccc4n[nH]nc4c3)no2)CC1. The van der Waals surface area contributed by atoms with E-state index in [1.165, 1.54) is 12.1 Å². The molecule has 0 aliphatic carbocycles. The van der Waals surface area contributed by atoms with Crippen LogP contribution in [-0.2, 0) is 6.18 Å².